The van der Waals surface area contributed by atoms with Gasteiger partial charge in [-0.25, -0.2) is 9.37 Å². The van der Waals surface area contributed by atoms with Gasteiger partial charge in [-0.2, -0.15) is 5.26 Å². The van der Waals surface area contributed by atoms with Gasteiger partial charge in [0.2, 0.25) is 0 Å². The van der Waals surface area contributed by atoms with Crippen molar-refractivity contribution < 1.29 is 4.39 Å². The highest BCUT2D eigenvalue weighted by Gasteiger charge is 2.25. The average molecular weight is 295 g/mol. The van der Waals surface area contributed by atoms with Crippen LogP contribution in [0.2, 0.25) is 0 Å². The fraction of sp³-hybridized carbons (Fsp3) is 0.250. The maximum absolute atomic E-state index is 13.7. The Balaban J connectivity index is 2.32. The number of benzene rings is 1. The molecule has 3 heterocycles. The standard InChI is InChI=1S/C16H14FN5/c1-16(2,3)22-12-6-9(17)4-5-10(12)13-15(22)21-8-19-11(7-18)14(21)20-13/h4-6,8,20H,1-3H3. The molecule has 0 aliphatic rings. The average Bonchev–Trinajstić information content (AvgIpc) is 3.05. The molecular formula is C16H14FN5. The number of aromatic nitrogens is 4. The second-order valence-electron chi connectivity index (χ2n) is 6.41. The van der Waals surface area contributed by atoms with Gasteiger partial charge in [0.15, 0.2) is 11.3 Å². The van der Waals surface area contributed by atoms with Crippen molar-refractivity contribution in [3.8, 4) is 6.07 Å². The van der Waals surface area contributed by atoms with Crippen molar-refractivity contribution in [1.29, 1.82) is 5.26 Å². The van der Waals surface area contributed by atoms with Crippen molar-refractivity contribution in [2.24, 2.45) is 0 Å². The number of imidazole rings is 2. The number of fused-ring (bicyclic) bond motifs is 5. The largest absolute Gasteiger partial charge is 0.335 e. The second kappa shape index (κ2) is 3.89. The summed E-state index contributed by atoms with van der Waals surface area (Å²) < 4.78 is 17.7. The summed E-state index contributed by atoms with van der Waals surface area (Å²) in [5.41, 5.74) is 3.36. The first-order chi connectivity index (χ1) is 10.4. The number of nitrogens with zero attached hydrogens (tertiary/aromatic N) is 4. The van der Waals surface area contributed by atoms with E-state index in [0.717, 1.165) is 22.1 Å². The van der Waals surface area contributed by atoms with Crippen LogP contribution < -0.4 is 0 Å². The summed E-state index contributed by atoms with van der Waals surface area (Å²) in [5.74, 6) is -0.266. The number of aromatic amines is 1. The highest BCUT2D eigenvalue weighted by molar-refractivity contribution is 6.06. The fourth-order valence-corrected chi connectivity index (χ4v) is 3.11. The Morgan fingerprint density at radius 2 is 2.09 bits per heavy atom. The Kier molecular flexibility index (Phi) is 2.28. The molecule has 0 amide bonds. The maximum Gasteiger partial charge on any atom is 0.183 e. The molecule has 0 aliphatic carbocycles. The molecule has 4 aromatic rings. The molecule has 0 saturated carbocycles. The second-order valence-corrected chi connectivity index (χ2v) is 6.41. The van der Waals surface area contributed by atoms with Crippen molar-refractivity contribution >= 4 is 27.7 Å². The van der Waals surface area contributed by atoms with E-state index < -0.39 is 0 Å². The highest BCUT2D eigenvalue weighted by atomic mass is 19.1. The number of halogens is 1. The Morgan fingerprint density at radius 1 is 1.32 bits per heavy atom. The van der Waals surface area contributed by atoms with Crippen molar-refractivity contribution in [1.82, 2.24) is 18.9 Å². The Bertz CT molecular complexity index is 1080. The number of hydrogen-bond donors (Lipinski definition) is 1. The number of nitriles is 1. The van der Waals surface area contributed by atoms with Crippen LogP contribution in [0.3, 0.4) is 0 Å². The van der Waals surface area contributed by atoms with Crippen molar-refractivity contribution in [2.45, 2.75) is 26.3 Å². The lowest BCUT2D eigenvalue weighted by Crippen LogP contribution is -2.22. The first-order valence-electron chi connectivity index (χ1n) is 7.01. The minimum atomic E-state index is -0.266. The summed E-state index contributed by atoms with van der Waals surface area (Å²) in [6, 6.07) is 6.85. The molecule has 1 N–H and O–H groups in total. The van der Waals surface area contributed by atoms with Crippen LogP contribution in [-0.4, -0.2) is 18.9 Å². The Morgan fingerprint density at radius 3 is 2.77 bits per heavy atom. The molecule has 22 heavy (non-hydrogen) atoms. The predicted molar refractivity (Wildman–Crippen MR) is 82.2 cm³/mol. The van der Waals surface area contributed by atoms with E-state index in [1.807, 2.05) is 4.40 Å². The van der Waals surface area contributed by atoms with Gasteiger partial charge in [-0.05, 0) is 39.0 Å². The lowest BCUT2D eigenvalue weighted by molar-refractivity contribution is 0.420. The van der Waals surface area contributed by atoms with E-state index in [-0.39, 0.29) is 11.4 Å². The van der Waals surface area contributed by atoms with Crippen LogP contribution in [-0.2, 0) is 5.54 Å². The lowest BCUT2D eigenvalue weighted by atomic mass is 10.1. The predicted octanol–water partition coefficient (Wildman–Crippen LogP) is 3.54. The van der Waals surface area contributed by atoms with E-state index >= 15 is 0 Å². The van der Waals surface area contributed by atoms with Crippen molar-refractivity contribution in [3.05, 3.63) is 36.0 Å². The molecule has 0 aliphatic heterocycles. The minimum Gasteiger partial charge on any atom is -0.335 e. The normalized spacial score (nSPS) is 12.5. The summed E-state index contributed by atoms with van der Waals surface area (Å²) in [6.45, 7) is 6.20. The molecule has 5 nitrogen and oxygen atoms in total. The molecule has 0 atom stereocenters. The van der Waals surface area contributed by atoms with Gasteiger partial charge in [-0.15, -0.1) is 0 Å². The summed E-state index contributed by atoms with van der Waals surface area (Å²) >= 11 is 0. The van der Waals surface area contributed by atoms with Crippen LogP contribution >= 0.6 is 0 Å². The van der Waals surface area contributed by atoms with Gasteiger partial charge in [0.1, 0.15) is 23.9 Å². The molecule has 0 unspecified atom stereocenters. The summed E-state index contributed by atoms with van der Waals surface area (Å²) in [6.07, 6.45) is 1.63. The Hall–Kier alpha value is -2.81. The van der Waals surface area contributed by atoms with Gasteiger partial charge in [-0.1, -0.05) is 0 Å². The number of hydrogen-bond acceptors (Lipinski definition) is 2. The zero-order valence-corrected chi connectivity index (χ0v) is 12.5. The molecule has 4 rings (SSSR count). The molecule has 0 saturated heterocycles. The molecule has 6 heteroatoms. The van der Waals surface area contributed by atoms with E-state index in [1.54, 1.807) is 18.5 Å². The van der Waals surface area contributed by atoms with Crippen LogP contribution in [0, 0.1) is 17.1 Å². The topological polar surface area (TPSA) is 61.8 Å². The van der Waals surface area contributed by atoms with Crippen LogP contribution in [0.25, 0.3) is 27.7 Å². The van der Waals surface area contributed by atoms with Crippen LogP contribution in [0.4, 0.5) is 4.39 Å². The summed E-state index contributed by atoms with van der Waals surface area (Å²) in [7, 11) is 0. The van der Waals surface area contributed by atoms with Gasteiger partial charge in [-0.3, -0.25) is 4.40 Å². The van der Waals surface area contributed by atoms with Gasteiger partial charge in [0.05, 0.1) is 11.0 Å². The summed E-state index contributed by atoms with van der Waals surface area (Å²) in [4.78, 5) is 7.39. The van der Waals surface area contributed by atoms with Crippen LogP contribution in [0.15, 0.2) is 24.5 Å². The number of H-pyrrole nitrogens is 1. The number of rotatable bonds is 0. The zero-order chi connectivity index (χ0) is 15.6. The molecule has 0 bridgehead atoms. The van der Waals surface area contributed by atoms with E-state index in [4.69, 9.17) is 5.26 Å². The summed E-state index contributed by atoms with van der Waals surface area (Å²) in [5, 5.41) is 10.1. The third-order valence-corrected chi connectivity index (χ3v) is 3.92. The van der Waals surface area contributed by atoms with Gasteiger partial charge in [0, 0.05) is 10.9 Å². The third kappa shape index (κ3) is 1.48. The molecule has 1 aromatic carbocycles. The van der Waals surface area contributed by atoms with Crippen molar-refractivity contribution in [3.63, 3.8) is 0 Å². The SMILES string of the molecule is CC(C)(C)n1c2cc(F)ccc2c2[nH]c3c(C#N)ncn3c21. The lowest BCUT2D eigenvalue weighted by Gasteiger charge is -2.23. The van der Waals surface area contributed by atoms with Crippen molar-refractivity contribution in [2.75, 3.05) is 0 Å². The molecule has 0 radical (unpaired) electrons. The molecule has 110 valence electrons. The van der Waals surface area contributed by atoms with Gasteiger partial charge < -0.3 is 9.55 Å². The Labute approximate surface area is 125 Å². The number of nitrogens with one attached hydrogen (secondary N) is 1. The van der Waals surface area contributed by atoms with Gasteiger partial charge in [0.25, 0.3) is 0 Å². The zero-order valence-electron chi connectivity index (χ0n) is 12.5. The molecule has 0 spiro atoms. The first-order valence-corrected chi connectivity index (χ1v) is 7.01. The smallest absolute Gasteiger partial charge is 0.183 e. The van der Waals surface area contributed by atoms with Gasteiger partial charge >= 0.3 is 0 Å². The van der Waals surface area contributed by atoms with E-state index in [0.29, 0.717) is 11.3 Å². The molecule has 0 fully saturated rings. The fourth-order valence-electron chi connectivity index (χ4n) is 3.11. The van der Waals surface area contributed by atoms with Crippen LogP contribution in [0.5, 0.6) is 0 Å². The molecular weight excluding hydrogens is 281 g/mol. The quantitative estimate of drug-likeness (QED) is 0.539. The molecule has 3 aromatic heterocycles. The third-order valence-electron chi connectivity index (χ3n) is 3.92. The van der Waals surface area contributed by atoms with E-state index in [1.165, 1.54) is 6.07 Å². The van der Waals surface area contributed by atoms with E-state index in [2.05, 4.69) is 41.4 Å². The van der Waals surface area contributed by atoms with Crippen LogP contribution in [0.1, 0.15) is 26.5 Å². The minimum absolute atomic E-state index is 0.250. The van der Waals surface area contributed by atoms with E-state index in [9.17, 15) is 4.39 Å². The highest BCUT2D eigenvalue weighted by Crippen LogP contribution is 2.35. The first kappa shape index (κ1) is 12.9. The maximum atomic E-state index is 13.7. The monoisotopic (exact) mass is 295 g/mol.